The summed E-state index contributed by atoms with van der Waals surface area (Å²) >= 11 is 0. The number of hydrogen-bond acceptors (Lipinski definition) is 6. The fourth-order valence-corrected chi connectivity index (χ4v) is 1.10. The van der Waals surface area contributed by atoms with Crippen LogP contribution in [0.1, 0.15) is 0 Å². The van der Waals surface area contributed by atoms with Gasteiger partial charge in [-0.05, 0) is 4.85 Å². The molecule has 0 aliphatic carbocycles. The average molecular weight is 185 g/mol. The molecule has 0 bridgehead atoms. The van der Waals surface area contributed by atoms with E-state index >= 15 is 0 Å². The average Bonchev–Trinajstić information content (AvgIpc) is 2.48. The molecule has 0 aromatic carbocycles. The highest BCUT2D eigenvalue weighted by molar-refractivity contribution is 5.96. The molecule has 0 aliphatic rings. The van der Waals surface area contributed by atoms with Gasteiger partial charge in [-0.15, -0.1) is 4.85 Å². The second-order valence-electron chi connectivity index (χ2n) is 2.51. The SMILES string of the molecule is Nc1oc2c(N)[n+]([O-])n(O)c2c1N. The van der Waals surface area contributed by atoms with Crippen molar-refractivity contribution < 1.29 is 14.5 Å². The van der Waals surface area contributed by atoms with Gasteiger partial charge >= 0.3 is 5.82 Å². The van der Waals surface area contributed by atoms with E-state index in [1.807, 2.05) is 0 Å². The zero-order valence-corrected chi connectivity index (χ0v) is 6.39. The Bertz CT molecular complexity index is 484. The maximum absolute atomic E-state index is 11.0. The molecular weight excluding hydrogens is 178 g/mol. The molecule has 0 unspecified atom stereocenters. The Balaban J connectivity index is 3.01. The smallest absolute Gasteiger partial charge is 0.344 e. The maximum atomic E-state index is 11.0. The molecule has 8 nitrogen and oxygen atoms in total. The topological polar surface area (TPSA) is 143 Å². The van der Waals surface area contributed by atoms with Crippen LogP contribution in [0.2, 0.25) is 0 Å². The van der Waals surface area contributed by atoms with Crippen molar-refractivity contribution in [3.63, 3.8) is 0 Å². The van der Waals surface area contributed by atoms with E-state index in [0.29, 0.717) is 0 Å². The van der Waals surface area contributed by atoms with Crippen LogP contribution in [0.4, 0.5) is 17.4 Å². The van der Waals surface area contributed by atoms with E-state index in [9.17, 15) is 5.21 Å². The Morgan fingerprint density at radius 2 is 2.00 bits per heavy atom. The van der Waals surface area contributed by atoms with Crippen molar-refractivity contribution in [2.24, 2.45) is 0 Å². The molecule has 0 saturated carbocycles. The van der Waals surface area contributed by atoms with Crippen LogP contribution in [0, 0.1) is 5.21 Å². The summed E-state index contributed by atoms with van der Waals surface area (Å²) in [4.78, 5) is 0.282. The van der Waals surface area contributed by atoms with Crippen LogP contribution >= 0.6 is 0 Å². The van der Waals surface area contributed by atoms with Gasteiger partial charge in [-0.25, -0.2) is 0 Å². The first kappa shape index (κ1) is 7.40. The Kier molecular flexibility index (Phi) is 1.09. The molecule has 0 radical (unpaired) electrons. The van der Waals surface area contributed by atoms with Gasteiger partial charge in [0.2, 0.25) is 11.4 Å². The molecule has 2 heterocycles. The first-order chi connectivity index (χ1) is 6.04. The fourth-order valence-electron chi connectivity index (χ4n) is 1.10. The van der Waals surface area contributed by atoms with Gasteiger partial charge in [0.15, 0.2) is 0 Å². The van der Waals surface area contributed by atoms with Crippen LogP contribution in [-0.2, 0) is 0 Å². The van der Waals surface area contributed by atoms with Crippen LogP contribution in [0.15, 0.2) is 4.42 Å². The minimum Gasteiger partial charge on any atom is -0.690 e. The molecule has 70 valence electrons. The number of fused-ring (bicyclic) bond motifs is 1. The lowest BCUT2D eigenvalue weighted by molar-refractivity contribution is -0.709. The van der Waals surface area contributed by atoms with Gasteiger partial charge in [0, 0.05) is 0 Å². The quantitative estimate of drug-likeness (QED) is 0.232. The van der Waals surface area contributed by atoms with Crippen LogP contribution in [0.25, 0.3) is 11.1 Å². The summed E-state index contributed by atoms with van der Waals surface area (Å²) in [6, 6.07) is 0. The van der Waals surface area contributed by atoms with Gasteiger partial charge in [0.25, 0.3) is 5.58 Å². The molecule has 2 aromatic rings. The molecule has 0 saturated heterocycles. The summed E-state index contributed by atoms with van der Waals surface area (Å²) in [7, 11) is 0. The molecule has 13 heavy (non-hydrogen) atoms. The highest BCUT2D eigenvalue weighted by Crippen LogP contribution is 2.31. The lowest BCUT2D eigenvalue weighted by Crippen LogP contribution is -2.38. The lowest BCUT2D eigenvalue weighted by Gasteiger charge is -2.00. The monoisotopic (exact) mass is 185 g/mol. The second kappa shape index (κ2) is 1.91. The van der Waals surface area contributed by atoms with Gasteiger partial charge < -0.3 is 26.3 Å². The molecule has 2 aromatic heterocycles. The van der Waals surface area contributed by atoms with Crippen LogP contribution in [0.3, 0.4) is 0 Å². The first-order valence-corrected chi connectivity index (χ1v) is 3.30. The first-order valence-electron chi connectivity index (χ1n) is 3.30. The predicted octanol–water partition coefficient (Wildman–Crippen LogP) is -1.15. The van der Waals surface area contributed by atoms with Gasteiger partial charge in [0.05, 0.1) is 0 Å². The zero-order chi connectivity index (χ0) is 9.75. The summed E-state index contributed by atoms with van der Waals surface area (Å²) < 4.78 is 4.86. The number of anilines is 3. The van der Waals surface area contributed by atoms with E-state index in [2.05, 4.69) is 0 Å². The number of nitrogens with zero attached hydrogens (tertiary/aromatic N) is 2. The summed E-state index contributed by atoms with van der Waals surface area (Å²) in [6.07, 6.45) is 0. The third kappa shape index (κ3) is 0.662. The van der Waals surface area contributed by atoms with Gasteiger partial charge in [0.1, 0.15) is 5.69 Å². The molecule has 2 rings (SSSR count). The van der Waals surface area contributed by atoms with E-state index < -0.39 is 0 Å². The molecule has 0 atom stereocenters. The van der Waals surface area contributed by atoms with Crippen molar-refractivity contribution in [3.8, 4) is 0 Å². The molecule has 8 heteroatoms. The van der Waals surface area contributed by atoms with Crippen molar-refractivity contribution in [3.05, 3.63) is 5.21 Å². The van der Waals surface area contributed by atoms with Crippen LogP contribution in [-0.4, -0.2) is 10.1 Å². The van der Waals surface area contributed by atoms with E-state index in [1.165, 1.54) is 0 Å². The van der Waals surface area contributed by atoms with Crippen molar-refractivity contribution in [1.82, 2.24) is 4.85 Å². The predicted molar refractivity (Wildman–Crippen MR) is 43.6 cm³/mol. The highest BCUT2D eigenvalue weighted by atomic mass is 16.6. The summed E-state index contributed by atoms with van der Waals surface area (Å²) in [6.45, 7) is 0. The molecule has 7 N–H and O–H groups in total. The van der Waals surface area contributed by atoms with Gasteiger partial charge in [-0.3, -0.25) is 5.73 Å². The van der Waals surface area contributed by atoms with Crippen molar-refractivity contribution in [1.29, 1.82) is 0 Å². The zero-order valence-electron chi connectivity index (χ0n) is 6.39. The lowest BCUT2D eigenvalue weighted by atomic mass is 10.4. The number of furan rings is 1. The highest BCUT2D eigenvalue weighted by Gasteiger charge is 2.24. The summed E-state index contributed by atoms with van der Waals surface area (Å²) in [5, 5.41) is 20.1. The number of nitrogen functional groups attached to an aromatic ring is 3. The Labute approximate surface area is 71.2 Å². The minimum absolute atomic E-state index is 0.0150. The Morgan fingerprint density at radius 3 is 2.54 bits per heavy atom. The molecular formula is C5H7N5O3. The Hall–Kier alpha value is -2.25. The number of aromatic nitrogens is 2. The minimum atomic E-state index is -0.291. The van der Waals surface area contributed by atoms with E-state index in [4.69, 9.17) is 26.8 Å². The van der Waals surface area contributed by atoms with Crippen LogP contribution in [0.5, 0.6) is 0 Å². The standard InChI is InChI=1S/C5H7N5O3/c6-1-2-3(13-5(1)8)4(7)10(12)9(2)11/h11H,6-8H2. The number of hydrogen-bond donors (Lipinski definition) is 4. The van der Waals surface area contributed by atoms with Crippen molar-refractivity contribution in [2.75, 3.05) is 17.2 Å². The summed E-state index contributed by atoms with van der Waals surface area (Å²) in [5.41, 5.74) is 15.9. The molecule has 0 fully saturated rings. The summed E-state index contributed by atoms with van der Waals surface area (Å²) in [5.74, 6) is -0.374. The third-order valence-electron chi connectivity index (χ3n) is 1.76. The van der Waals surface area contributed by atoms with Gasteiger partial charge in [-0.1, -0.05) is 0 Å². The molecule has 0 amide bonds. The largest absolute Gasteiger partial charge is 0.690 e. The number of rotatable bonds is 0. The van der Waals surface area contributed by atoms with Crippen LogP contribution < -0.4 is 22.0 Å². The van der Waals surface area contributed by atoms with Crippen molar-refractivity contribution >= 4 is 28.5 Å². The fraction of sp³-hybridized carbons (Fsp3) is 0. The van der Waals surface area contributed by atoms with Crippen molar-refractivity contribution in [2.45, 2.75) is 0 Å². The third-order valence-corrected chi connectivity index (χ3v) is 1.76. The normalized spacial score (nSPS) is 11.1. The molecule has 0 spiro atoms. The second-order valence-corrected chi connectivity index (χ2v) is 2.51. The number of nitrogens with two attached hydrogens (primary N) is 3. The molecule has 0 aliphatic heterocycles. The van der Waals surface area contributed by atoms with E-state index in [0.717, 1.165) is 0 Å². The van der Waals surface area contributed by atoms with E-state index in [1.54, 1.807) is 0 Å². The van der Waals surface area contributed by atoms with E-state index in [-0.39, 0.29) is 38.2 Å². The Morgan fingerprint density at radius 1 is 1.38 bits per heavy atom. The van der Waals surface area contributed by atoms with Gasteiger partial charge in [-0.2, -0.15) is 0 Å². The maximum Gasteiger partial charge on any atom is 0.344 e.